The molecular weight excluding hydrogens is 416 g/mol. The molecule has 180 valence electrons. The maximum Gasteiger partial charge on any atom is 0.333 e. The summed E-state index contributed by atoms with van der Waals surface area (Å²) in [4.78, 5) is 43.2. The number of esters is 4. The van der Waals surface area contributed by atoms with Crippen molar-refractivity contribution in [3.05, 3.63) is 49.6 Å². The molecule has 0 spiro atoms. The number of rotatable bonds is 16. The zero-order chi connectivity index (χ0) is 24.8. The van der Waals surface area contributed by atoms with Crippen molar-refractivity contribution in [1.82, 2.24) is 0 Å². The van der Waals surface area contributed by atoms with E-state index in [1.165, 1.54) is 0 Å². The molecule has 32 heavy (non-hydrogen) atoms. The predicted molar refractivity (Wildman–Crippen MR) is 122 cm³/mol. The van der Waals surface area contributed by atoms with Crippen molar-refractivity contribution in [2.24, 2.45) is 0 Å². The Morgan fingerprint density at radius 3 is 1.12 bits per heavy atom. The number of ether oxygens (including phenoxy) is 4. The van der Waals surface area contributed by atoms with Crippen molar-refractivity contribution >= 4 is 23.9 Å². The van der Waals surface area contributed by atoms with Crippen LogP contribution in [0.15, 0.2) is 49.6 Å². The molecule has 0 aromatic carbocycles. The molecule has 0 aliphatic heterocycles. The van der Waals surface area contributed by atoms with Gasteiger partial charge in [0, 0.05) is 23.3 Å². The summed E-state index contributed by atoms with van der Waals surface area (Å²) in [7, 11) is 0. The van der Waals surface area contributed by atoms with Crippen molar-refractivity contribution in [1.29, 1.82) is 0 Å². The van der Waals surface area contributed by atoms with E-state index in [4.69, 9.17) is 18.9 Å². The first-order chi connectivity index (χ1) is 15.1. The normalized spacial score (nSPS) is 9.31. The van der Waals surface area contributed by atoms with E-state index < -0.39 is 11.9 Å². The van der Waals surface area contributed by atoms with Gasteiger partial charge >= 0.3 is 23.9 Å². The van der Waals surface area contributed by atoms with E-state index in [-0.39, 0.29) is 11.9 Å². The zero-order valence-corrected chi connectivity index (χ0v) is 19.3. The summed E-state index contributed by atoms with van der Waals surface area (Å²) in [5.74, 6) is -1.56. The van der Waals surface area contributed by atoms with Gasteiger partial charge in [-0.2, -0.15) is 0 Å². The Kier molecular flexibility index (Phi) is 20.4. The van der Waals surface area contributed by atoms with E-state index in [0.29, 0.717) is 50.4 Å². The van der Waals surface area contributed by atoms with E-state index in [1.807, 2.05) is 0 Å². The van der Waals surface area contributed by atoms with Crippen molar-refractivity contribution in [2.45, 2.75) is 52.4 Å². The minimum Gasteiger partial charge on any atom is -0.463 e. The van der Waals surface area contributed by atoms with Gasteiger partial charge in [-0.3, -0.25) is 0 Å². The highest BCUT2D eigenvalue weighted by molar-refractivity contribution is 5.87. The number of hydrogen-bond donors (Lipinski definition) is 0. The fourth-order valence-electron chi connectivity index (χ4n) is 1.80. The molecule has 0 atom stereocenters. The lowest BCUT2D eigenvalue weighted by Gasteiger charge is -2.05. The van der Waals surface area contributed by atoms with Gasteiger partial charge in [-0.1, -0.05) is 26.3 Å². The highest BCUT2D eigenvalue weighted by Crippen LogP contribution is 2.03. The van der Waals surface area contributed by atoms with E-state index in [0.717, 1.165) is 37.8 Å². The van der Waals surface area contributed by atoms with Gasteiger partial charge in [-0.15, -0.1) is 0 Å². The molecule has 0 fully saturated rings. The molecule has 0 rings (SSSR count). The summed E-state index contributed by atoms with van der Waals surface area (Å²) < 4.78 is 19.3. The molecule has 0 bridgehead atoms. The standard InChI is InChI=1S/C14H22O4.C10H14O4/c1-11(2)13(15)17-9-7-5-6-8-10-18-14(16)12(3)4;1-3-9(11)13-7-5-6-8-14-10(12)4-2/h1,3,5-10H2,2,4H3;3-4H,1-2,5-8H2. The van der Waals surface area contributed by atoms with Crippen LogP contribution in [0, 0.1) is 0 Å². The van der Waals surface area contributed by atoms with Gasteiger partial charge in [0.2, 0.25) is 0 Å². The molecule has 8 nitrogen and oxygen atoms in total. The first-order valence-electron chi connectivity index (χ1n) is 10.4. The SMILES string of the molecule is C=C(C)C(=O)OCCCCCCOC(=O)C(=C)C.C=CC(=O)OCCCCOC(=O)C=C. The second kappa shape index (κ2) is 21.1. The average Bonchev–Trinajstić information content (AvgIpc) is 2.77. The lowest BCUT2D eigenvalue weighted by molar-refractivity contribution is -0.140. The Balaban J connectivity index is 0. The molecule has 0 amide bonds. The molecule has 0 saturated heterocycles. The van der Waals surface area contributed by atoms with Gasteiger partial charge in [0.05, 0.1) is 26.4 Å². The quantitative estimate of drug-likeness (QED) is 0.150. The summed E-state index contributed by atoms with van der Waals surface area (Å²) in [5.41, 5.74) is 0.836. The molecule has 0 aromatic heterocycles. The average molecular weight is 453 g/mol. The van der Waals surface area contributed by atoms with E-state index >= 15 is 0 Å². The highest BCUT2D eigenvalue weighted by atomic mass is 16.5. The predicted octanol–water partition coefficient (Wildman–Crippen LogP) is 4.01. The highest BCUT2D eigenvalue weighted by Gasteiger charge is 2.03. The summed E-state index contributed by atoms with van der Waals surface area (Å²) in [6.45, 7) is 18.2. The molecule has 8 heteroatoms. The third-order valence-corrected chi connectivity index (χ3v) is 3.56. The summed E-state index contributed by atoms with van der Waals surface area (Å²) in [5, 5.41) is 0. The number of unbranched alkanes of at least 4 members (excludes halogenated alkanes) is 4. The van der Waals surface area contributed by atoms with E-state index in [1.54, 1.807) is 13.8 Å². The minimum absolute atomic E-state index is 0.316. The van der Waals surface area contributed by atoms with Crippen molar-refractivity contribution in [3.8, 4) is 0 Å². The first-order valence-corrected chi connectivity index (χ1v) is 10.4. The van der Waals surface area contributed by atoms with Crippen LogP contribution in [0.3, 0.4) is 0 Å². The van der Waals surface area contributed by atoms with Crippen molar-refractivity contribution in [2.75, 3.05) is 26.4 Å². The Labute approximate surface area is 190 Å². The second-order valence-corrected chi connectivity index (χ2v) is 6.70. The number of carbonyl (C=O) groups excluding carboxylic acids is 4. The van der Waals surface area contributed by atoms with Crippen molar-refractivity contribution < 1.29 is 38.1 Å². The fourth-order valence-corrected chi connectivity index (χ4v) is 1.80. The van der Waals surface area contributed by atoms with Gasteiger partial charge in [0.15, 0.2) is 0 Å². The smallest absolute Gasteiger partial charge is 0.333 e. The largest absolute Gasteiger partial charge is 0.463 e. The van der Waals surface area contributed by atoms with Gasteiger partial charge < -0.3 is 18.9 Å². The van der Waals surface area contributed by atoms with Gasteiger partial charge in [-0.25, -0.2) is 19.2 Å². The van der Waals surface area contributed by atoms with Crippen LogP contribution in [-0.4, -0.2) is 50.3 Å². The van der Waals surface area contributed by atoms with Crippen LogP contribution >= 0.6 is 0 Å². The van der Waals surface area contributed by atoms with Crippen LogP contribution in [0.1, 0.15) is 52.4 Å². The molecule has 0 heterocycles. The third-order valence-electron chi connectivity index (χ3n) is 3.56. The Hall–Kier alpha value is -3.16. The molecule has 0 aliphatic rings. The fraction of sp³-hybridized carbons (Fsp3) is 0.500. The zero-order valence-electron chi connectivity index (χ0n) is 19.3. The maximum absolute atomic E-state index is 11.0. The van der Waals surface area contributed by atoms with Crippen LogP contribution in [-0.2, 0) is 38.1 Å². The molecule has 0 N–H and O–H groups in total. The van der Waals surface area contributed by atoms with Crippen LogP contribution in [0.25, 0.3) is 0 Å². The van der Waals surface area contributed by atoms with Crippen LogP contribution < -0.4 is 0 Å². The van der Waals surface area contributed by atoms with Gasteiger partial charge in [-0.05, 0) is 52.4 Å². The summed E-state index contributed by atoms with van der Waals surface area (Å²) in [6.07, 6.45) is 7.03. The lowest BCUT2D eigenvalue weighted by atomic mass is 10.2. The Morgan fingerprint density at radius 1 is 0.562 bits per heavy atom. The molecule has 0 unspecified atom stereocenters. The molecular formula is C24H36O8. The molecule has 0 aromatic rings. The monoisotopic (exact) mass is 452 g/mol. The first kappa shape index (κ1) is 31.0. The van der Waals surface area contributed by atoms with E-state index in [9.17, 15) is 19.2 Å². The second-order valence-electron chi connectivity index (χ2n) is 6.70. The minimum atomic E-state index is -0.437. The molecule has 0 aliphatic carbocycles. The van der Waals surface area contributed by atoms with Crippen molar-refractivity contribution in [3.63, 3.8) is 0 Å². The third kappa shape index (κ3) is 21.5. The maximum atomic E-state index is 11.0. The lowest BCUT2D eigenvalue weighted by Crippen LogP contribution is -2.07. The summed E-state index contributed by atoms with van der Waals surface area (Å²) in [6, 6.07) is 0. The van der Waals surface area contributed by atoms with Gasteiger partial charge in [0.25, 0.3) is 0 Å². The molecule has 0 saturated carbocycles. The van der Waals surface area contributed by atoms with Crippen LogP contribution in [0.4, 0.5) is 0 Å². The Morgan fingerprint density at radius 2 is 0.844 bits per heavy atom. The van der Waals surface area contributed by atoms with E-state index in [2.05, 4.69) is 26.3 Å². The van der Waals surface area contributed by atoms with Crippen LogP contribution in [0.2, 0.25) is 0 Å². The van der Waals surface area contributed by atoms with Gasteiger partial charge in [0.1, 0.15) is 0 Å². The van der Waals surface area contributed by atoms with Crippen LogP contribution in [0.5, 0.6) is 0 Å². The summed E-state index contributed by atoms with van der Waals surface area (Å²) >= 11 is 0. The Bertz CT molecular complexity index is 592. The topological polar surface area (TPSA) is 105 Å². The number of carbonyl (C=O) groups is 4. The number of hydrogen-bond acceptors (Lipinski definition) is 8. The molecule has 0 radical (unpaired) electrons.